The lowest BCUT2D eigenvalue weighted by Crippen LogP contribution is -2.40. The van der Waals surface area contributed by atoms with Gasteiger partial charge in [-0.15, -0.1) is 0 Å². The molecule has 0 aliphatic carbocycles. The molecule has 0 fully saturated rings. The zero-order valence-corrected chi connectivity index (χ0v) is 14.4. The molecule has 0 saturated heterocycles. The van der Waals surface area contributed by atoms with Crippen molar-refractivity contribution in [3.63, 3.8) is 0 Å². The summed E-state index contributed by atoms with van der Waals surface area (Å²) in [4.78, 5) is 2.02. The molecule has 1 aromatic carbocycles. The smallest absolute Gasteiger partial charge is 0.242 e. The van der Waals surface area contributed by atoms with Crippen LogP contribution in [-0.4, -0.2) is 40.5 Å². The first kappa shape index (κ1) is 17.7. The van der Waals surface area contributed by atoms with E-state index in [1.54, 1.807) is 12.1 Å². The Hall–Kier alpha value is -0.330. The standard InChI is InChI=1S/C13H20Cl2N2O2S/c1-13(2,9-17(3)4)8-16-20(18,19)11-7-5-6-10(14)12(11)15/h5-7,16H,8-9H2,1-4H3. The summed E-state index contributed by atoms with van der Waals surface area (Å²) in [5.74, 6) is 0. The maximum atomic E-state index is 12.3. The normalized spacial score (nSPS) is 12.9. The molecule has 0 aromatic heterocycles. The average molecular weight is 339 g/mol. The van der Waals surface area contributed by atoms with Gasteiger partial charge < -0.3 is 4.90 Å². The highest BCUT2D eigenvalue weighted by molar-refractivity contribution is 7.89. The van der Waals surface area contributed by atoms with E-state index in [9.17, 15) is 8.42 Å². The molecule has 0 spiro atoms. The third kappa shape index (κ3) is 4.90. The van der Waals surface area contributed by atoms with Crippen molar-refractivity contribution in [2.75, 3.05) is 27.2 Å². The van der Waals surface area contributed by atoms with E-state index in [4.69, 9.17) is 23.2 Å². The molecule has 0 radical (unpaired) electrons. The molecule has 0 aliphatic rings. The van der Waals surface area contributed by atoms with Gasteiger partial charge in [-0.05, 0) is 31.6 Å². The van der Waals surface area contributed by atoms with Crippen LogP contribution in [0, 0.1) is 5.41 Å². The first-order chi connectivity index (χ1) is 9.05. The first-order valence-corrected chi connectivity index (χ1v) is 8.37. The fourth-order valence-electron chi connectivity index (χ4n) is 1.97. The van der Waals surface area contributed by atoms with Crippen molar-refractivity contribution >= 4 is 33.2 Å². The van der Waals surface area contributed by atoms with Crippen LogP contribution in [0.1, 0.15) is 13.8 Å². The van der Waals surface area contributed by atoms with E-state index >= 15 is 0 Å². The topological polar surface area (TPSA) is 49.4 Å². The number of nitrogens with one attached hydrogen (secondary N) is 1. The molecule has 1 N–H and O–H groups in total. The molecule has 1 aromatic rings. The van der Waals surface area contributed by atoms with Crippen LogP contribution < -0.4 is 4.72 Å². The van der Waals surface area contributed by atoms with Crippen LogP contribution in [0.4, 0.5) is 0 Å². The van der Waals surface area contributed by atoms with Gasteiger partial charge in [0.25, 0.3) is 0 Å². The minimum absolute atomic E-state index is 0.00678. The van der Waals surface area contributed by atoms with E-state index in [2.05, 4.69) is 4.72 Å². The molecule has 0 bridgehead atoms. The van der Waals surface area contributed by atoms with Crippen molar-refractivity contribution in [2.45, 2.75) is 18.7 Å². The maximum Gasteiger partial charge on any atom is 0.242 e. The summed E-state index contributed by atoms with van der Waals surface area (Å²) >= 11 is 11.8. The summed E-state index contributed by atoms with van der Waals surface area (Å²) in [7, 11) is 0.230. The van der Waals surface area contributed by atoms with Crippen LogP contribution in [0.5, 0.6) is 0 Å². The van der Waals surface area contributed by atoms with Crippen LogP contribution in [0.15, 0.2) is 23.1 Å². The second-order valence-electron chi connectivity index (χ2n) is 5.78. The van der Waals surface area contributed by atoms with Gasteiger partial charge in [0.2, 0.25) is 10.0 Å². The van der Waals surface area contributed by atoms with Gasteiger partial charge in [-0.25, -0.2) is 13.1 Å². The molecular weight excluding hydrogens is 319 g/mol. The Balaban J connectivity index is 2.89. The Morgan fingerprint density at radius 2 is 1.85 bits per heavy atom. The molecular formula is C13H20Cl2N2O2S. The maximum absolute atomic E-state index is 12.3. The minimum atomic E-state index is -3.67. The molecule has 1 rings (SSSR count). The number of rotatable bonds is 6. The summed E-state index contributed by atoms with van der Waals surface area (Å²) in [6.45, 7) is 5.07. The SMILES string of the molecule is CN(C)CC(C)(C)CNS(=O)(=O)c1cccc(Cl)c1Cl. The summed E-state index contributed by atoms with van der Waals surface area (Å²) in [5.41, 5.74) is -0.193. The van der Waals surface area contributed by atoms with Gasteiger partial charge in [0.05, 0.1) is 10.0 Å². The molecule has 114 valence electrons. The molecule has 20 heavy (non-hydrogen) atoms. The zero-order valence-electron chi connectivity index (χ0n) is 12.1. The first-order valence-electron chi connectivity index (χ1n) is 6.13. The third-order valence-electron chi connectivity index (χ3n) is 2.69. The van der Waals surface area contributed by atoms with E-state index in [1.807, 2.05) is 32.8 Å². The second kappa shape index (κ2) is 6.62. The molecule has 0 heterocycles. The van der Waals surface area contributed by atoms with Gasteiger partial charge in [0.1, 0.15) is 4.90 Å². The van der Waals surface area contributed by atoms with Crippen molar-refractivity contribution < 1.29 is 8.42 Å². The number of hydrogen-bond acceptors (Lipinski definition) is 3. The van der Waals surface area contributed by atoms with Crippen LogP contribution in [0.25, 0.3) is 0 Å². The van der Waals surface area contributed by atoms with Crippen molar-refractivity contribution in [1.29, 1.82) is 0 Å². The molecule has 0 unspecified atom stereocenters. The van der Waals surface area contributed by atoms with E-state index < -0.39 is 10.0 Å². The lowest BCUT2D eigenvalue weighted by molar-refractivity contribution is 0.242. The van der Waals surface area contributed by atoms with Gasteiger partial charge in [-0.2, -0.15) is 0 Å². The monoisotopic (exact) mass is 338 g/mol. The lowest BCUT2D eigenvalue weighted by atomic mass is 9.93. The Morgan fingerprint density at radius 1 is 1.25 bits per heavy atom. The van der Waals surface area contributed by atoms with E-state index in [1.165, 1.54) is 6.07 Å². The Labute approximate surface area is 131 Å². The van der Waals surface area contributed by atoms with E-state index in [0.717, 1.165) is 6.54 Å². The van der Waals surface area contributed by atoms with Crippen LogP contribution in [-0.2, 0) is 10.0 Å². The second-order valence-corrected chi connectivity index (χ2v) is 8.30. The average Bonchev–Trinajstić information content (AvgIpc) is 2.29. The van der Waals surface area contributed by atoms with Crippen LogP contribution in [0.2, 0.25) is 10.0 Å². The highest BCUT2D eigenvalue weighted by atomic mass is 35.5. The predicted molar refractivity (Wildman–Crippen MR) is 84.0 cm³/mol. The number of benzene rings is 1. The summed E-state index contributed by atoms with van der Waals surface area (Å²) in [5, 5.41) is 0.272. The fraction of sp³-hybridized carbons (Fsp3) is 0.538. The van der Waals surface area contributed by atoms with Crippen molar-refractivity contribution in [3.05, 3.63) is 28.2 Å². The van der Waals surface area contributed by atoms with Crippen molar-refractivity contribution in [3.8, 4) is 0 Å². The Bertz CT molecular complexity index is 572. The summed E-state index contributed by atoms with van der Waals surface area (Å²) < 4.78 is 27.1. The summed E-state index contributed by atoms with van der Waals surface area (Å²) in [6.07, 6.45) is 0. The van der Waals surface area contributed by atoms with Crippen molar-refractivity contribution in [1.82, 2.24) is 9.62 Å². The number of hydrogen-bond donors (Lipinski definition) is 1. The van der Waals surface area contributed by atoms with Gasteiger partial charge in [-0.1, -0.05) is 43.1 Å². The van der Waals surface area contributed by atoms with Gasteiger partial charge >= 0.3 is 0 Å². The molecule has 7 heteroatoms. The molecule has 0 aliphatic heterocycles. The molecule has 4 nitrogen and oxygen atoms in total. The lowest BCUT2D eigenvalue weighted by Gasteiger charge is -2.28. The Kier molecular flexibility index (Phi) is 5.87. The quantitative estimate of drug-likeness (QED) is 0.867. The van der Waals surface area contributed by atoms with Gasteiger partial charge in [-0.3, -0.25) is 0 Å². The number of halogens is 2. The van der Waals surface area contributed by atoms with Gasteiger partial charge in [0.15, 0.2) is 0 Å². The van der Waals surface area contributed by atoms with Crippen LogP contribution in [0.3, 0.4) is 0 Å². The highest BCUT2D eigenvalue weighted by Gasteiger charge is 2.25. The molecule has 0 amide bonds. The number of sulfonamides is 1. The van der Waals surface area contributed by atoms with E-state index in [-0.39, 0.29) is 20.4 Å². The zero-order chi connectivity index (χ0) is 15.6. The van der Waals surface area contributed by atoms with Crippen LogP contribution >= 0.6 is 23.2 Å². The van der Waals surface area contributed by atoms with E-state index in [0.29, 0.717) is 6.54 Å². The highest BCUT2D eigenvalue weighted by Crippen LogP contribution is 2.29. The predicted octanol–water partition coefficient (Wildman–Crippen LogP) is 2.86. The molecule has 0 saturated carbocycles. The van der Waals surface area contributed by atoms with Gasteiger partial charge in [0, 0.05) is 13.1 Å². The number of nitrogens with zero attached hydrogens (tertiary/aromatic N) is 1. The third-order valence-corrected chi connectivity index (χ3v) is 5.07. The molecule has 0 atom stereocenters. The largest absolute Gasteiger partial charge is 0.309 e. The Morgan fingerprint density at radius 3 is 2.40 bits per heavy atom. The minimum Gasteiger partial charge on any atom is -0.309 e. The summed E-state index contributed by atoms with van der Waals surface area (Å²) in [6, 6.07) is 4.56. The fourth-order valence-corrected chi connectivity index (χ4v) is 3.97. The van der Waals surface area contributed by atoms with Crippen molar-refractivity contribution in [2.24, 2.45) is 5.41 Å².